The van der Waals surface area contributed by atoms with E-state index in [9.17, 15) is 0 Å². The lowest BCUT2D eigenvalue weighted by molar-refractivity contribution is 0.0478. The fraction of sp³-hybridized carbons (Fsp3) is 1.00. The Morgan fingerprint density at radius 2 is 1.79 bits per heavy atom. The van der Waals surface area contributed by atoms with Crippen LogP contribution in [-0.4, -0.2) is 25.3 Å². The van der Waals surface area contributed by atoms with E-state index in [-0.39, 0.29) is 0 Å². The van der Waals surface area contributed by atoms with Crippen LogP contribution in [0, 0.1) is 5.92 Å². The zero-order valence-corrected chi connectivity index (χ0v) is 10.5. The summed E-state index contributed by atoms with van der Waals surface area (Å²) in [5.41, 5.74) is 0. The fourth-order valence-corrected chi connectivity index (χ4v) is 1.50. The third kappa shape index (κ3) is 8.52. The molecule has 0 amide bonds. The summed E-state index contributed by atoms with van der Waals surface area (Å²) in [6.07, 6.45) is 2.65. The van der Waals surface area contributed by atoms with Crippen LogP contribution in [0.2, 0.25) is 0 Å². The minimum absolute atomic E-state index is 0.378. The molecule has 0 aromatic carbocycles. The molecule has 2 atom stereocenters. The Balaban J connectivity index is 3.39. The van der Waals surface area contributed by atoms with Crippen LogP contribution < -0.4 is 5.32 Å². The summed E-state index contributed by atoms with van der Waals surface area (Å²) in [5.74, 6) is 0.744. The highest BCUT2D eigenvalue weighted by Crippen LogP contribution is 2.05. The molecule has 86 valence electrons. The van der Waals surface area contributed by atoms with Crippen LogP contribution in [0.4, 0.5) is 0 Å². The van der Waals surface area contributed by atoms with Crippen LogP contribution in [0.25, 0.3) is 0 Å². The second-order valence-electron chi connectivity index (χ2n) is 4.56. The van der Waals surface area contributed by atoms with Crippen LogP contribution in [0.15, 0.2) is 0 Å². The van der Waals surface area contributed by atoms with Crippen LogP contribution in [-0.2, 0) is 4.74 Å². The number of rotatable bonds is 8. The molecule has 2 heteroatoms. The first kappa shape index (κ1) is 13.9. The van der Waals surface area contributed by atoms with Crippen molar-refractivity contribution in [3.63, 3.8) is 0 Å². The maximum atomic E-state index is 5.73. The molecule has 0 bridgehead atoms. The van der Waals surface area contributed by atoms with Crippen molar-refractivity contribution in [2.45, 2.75) is 59.6 Å². The van der Waals surface area contributed by atoms with Gasteiger partial charge in [-0.25, -0.2) is 0 Å². The van der Waals surface area contributed by atoms with Gasteiger partial charge in [0.1, 0.15) is 0 Å². The Bertz CT molecular complexity index is 125. The van der Waals surface area contributed by atoms with Crippen molar-refractivity contribution in [1.82, 2.24) is 5.32 Å². The lowest BCUT2D eigenvalue weighted by Crippen LogP contribution is -2.30. The summed E-state index contributed by atoms with van der Waals surface area (Å²) in [6, 6.07) is 0.564. The predicted molar refractivity (Wildman–Crippen MR) is 62.6 cm³/mol. The van der Waals surface area contributed by atoms with Crippen LogP contribution in [0.1, 0.15) is 47.5 Å². The normalized spacial score (nSPS) is 15.9. The molecule has 0 radical (unpaired) electrons. The van der Waals surface area contributed by atoms with Crippen molar-refractivity contribution in [2.24, 2.45) is 5.92 Å². The molecule has 1 N–H and O–H groups in total. The Kier molecular flexibility index (Phi) is 8.20. The summed E-state index contributed by atoms with van der Waals surface area (Å²) in [6.45, 7) is 12.9. The van der Waals surface area contributed by atoms with Gasteiger partial charge in [0.05, 0.1) is 6.10 Å². The van der Waals surface area contributed by atoms with E-state index < -0.39 is 0 Å². The highest BCUT2D eigenvalue weighted by atomic mass is 16.5. The summed E-state index contributed by atoms with van der Waals surface area (Å²) < 4.78 is 5.73. The smallest absolute Gasteiger partial charge is 0.0561 e. The van der Waals surface area contributed by atoms with E-state index in [1.165, 1.54) is 6.42 Å². The van der Waals surface area contributed by atoms with Gasteiger partial charge < -0.3 is 10.1 Å². The molecular weight excluding hydrogens is 174 g/mol. The van der Waals surface area contributed by atoms with E-state index in [0.717, 1.165) is 25.5 Å². The molecule has 0 spiro atoms. The molecule has 0 aromatic heterocycles. The minimum Gasteiger partial charge on any atom is -0.378 e. The summed E-state index contributed by atoms with van der Waals surface area (Å²) in [7, 11) is 0. The van der Waals surface area contributed by atoms with E-state index >= 15 is 0 Å². The van der Waals surface area contributed by atoms with Crippen molar-refractivity contribution >= 4 is 0 Å². The highest BCUT2D eigenvalue weighted by molar-refractivity contribution is 4.63. The SMILES string of the molecule is CCNC(C)CC(C)OCCC(C)C. The second-order valence-corrected chi connectivity index (χ2v) is 4.56. The fourth-order valence-electron chi connectivity index (χ4n) is 1.50. The van der Waals surface area contributed by atoms with Gasteiger partial charge >= 0.3 is 0 Å². The molecule has 0 saturated heterocycles. The molecular formula is C12H27NO. The number of ether oxygens (including phenoxy) is 1. The Morgan fingerprint density at radius 1 is 1.14 bits per heavy atom. The molecule has 2 nitrogen and oxygen atoms in total. The van der Waals surface area contributed by atoms with E-state index in [4.69, 9.17) is 4.74 Å². The van der Waals surface area contributed by atoms with Crippen molar-refractivity contribution in [1.29, 1.82) is 0 Å². The quantitative estimate of drug-likeness (QED) is 0.652. The maximum Gasteiger partial charge on any atom is 0.0561 e. The topological polar surface area (TPSA) is 21.3 Å². The zero-order chi connectivity index (χ0) is 11.0. The second kappa shape index (κ2) is 8.25. The van der Waals surface area contributed by atoms with Gasteiger partial charge in [0.25, 0.3) is 0 Å². The average molecular weight is 201 g/mol. The van der Waals surface area contributed by atoms with E-state index in [0.29, 0.717) is 12.1 Å². The van der Waals surface area contributed by atoms with E-state index in [1.807, 2.05) is 0 Å². The third-order valence-electron chi connectivity index (χ3n) is 2.34. The van der Waals surface area contributed by atoms with E-state index in [2.05, 4.69) is 39.9 Å². The first-order valence-electron chi connectivity index (χ1n) is 5.91. The molecule has 2 unspecified atom stereocenters. The molecule has 0 aromatic rings. The van der Waals surface area contributed by atoms with Crippen LogP contribution >= 0.6 is 0 Å². The summed E-state index contributed by atoms with van der Waals surface area (Å²) in [5, 5.41) is 3.40. The highest BCUT2D eigenvalue weighted by Gasteiger charge is 2.07. The van der Waals surface area contributed by atoms with Gasteiger partial charge in [-0.1, -0.05) is 20.8 Å². The Labute approximate surface area is 89.4 Å². The molecule has 0 rings (SSSR count). The standard InChI is InChI=1S/C12H27NO/c1-6-13-11(4)9-12(5)14-8-7-10(2)3/h10-13H,6-9H2,1-5H3. The molecule has 0 saturated carbocycles. The molecule has 0 fully saturated rings. The maximum absolute atomic E-state index is 5.73. The lowest BCUT2D eigenvalue weighted by Gasteiger charge is -2.19. The van der Waals surface area contributed by atoms with Crippen molar-refractivity contribution in [2.75, 3.05) is 13.2 Å². The van der Waals surface area contributed by atoms with Crippen molar-refractivity contribution in [3.8, 4) is 0 Å². The largest absolute Gasteiger partial charge is 0.378 e. The van der Waals surface area contributed by atoms with Crippen molar-refractivity contribution in [3.05, 3.63) is 0 Å². The summed E-state index contributed by atoms with van der Waals surface area (Å²) >= 11 is 0. The van der Waals surface area contributed by atoms with E-state index in [1.54, 1.807) is 0 Å². The van der Waals surface area contributed by atoms with Gasteiger partial charge in [-0.3, -0.25) is 0 Å². The van der Waals surface area contributed by atoms with Gasteiger partial charge in [-0.05, 0) is 39.2 Å². The zero-order valence-electron chi connectivity index (χ0n) is 10.5. The van der Waals surface area contributed by atoms with Crippen LogP contribution in [0.3, 0.4) is 0 Å². The minimum atomic E-state index is 0.378. The van der Waals surface area contributed by atoms with Gasteiger partial charge in [-0.15, -0.1) is 0 Å². The molecule has 14 heavy (non-hydrogen) atoms. The monoisotopic (exact) mass is 201 g/mol. The molecule has 0 heterocycles. The first-order valence-corrected chi connectivity index (χ1v) is 5.91. The molecule has 0 aliphatic rings. The lowest BCUT2D eigenvalue weighted by atomic mass is 10.1. The van der Waals surface area contributed by atoms with Gasteiger partial charge in [0.15, 0.2) is 0 Å². The average Bonchev–Trinajstić information content (AvgIpc) is 2.03. The predicted octanol–water partition coefficient (Wildman–Crippen LogP) is 2.83. The number of hydrogen-bond donors (Lipinski definition) is 1. The summed E-state index contributed by atoms with van der Waals surface area (Å²) in [4.78, 5) is 0. The molecule has 0 aliphatic heterocycles. The molecule has 0 aliphatic carbocycles. The Morgan fingerprint density at radius 3 is 2.29 bits per heavy atom. The number of nitrogens with one attached hydrogen (secondary N) is 1. The van der Waals surface area contributed by atoms with Gasteiger partial charge in [0.2, 0.25) is 0 Å². The number of hydrogen-bond acceptors (Lipinski definition) is 2. The van der Waals surface area contributed by atoms with Gasteiger partial charge in [-0.2, -0.15) is 0 Å². The Hall–Kier alpha value is -0.0800. The van der Waals surface area contributed by atoms with Crippen LogP contribution in [0.5, 0.6) is 0 Å². The third-order valence-corrected chi connectivity index (χ3v) is 2.34. The first-order chi connectivity index (χ1) is 6.56. The van der Waals surface area contributed by atoms with Gasteiger partial charge in [0, 0.05) is 12.6 Å². The van der Waals surface area contributed by atoms with Crippen molar-refractivity contribution < 1.29 is 4.74 Å².